The summed E-state index contributed by atoms with van der Waals surface area (Å²) in [4.78, 5) is 32.0. The lowest BCUT2D eigenvalue weighted by Crippen LogP contribution is -2.48. The molecule has 2 amide bonds. The molecule has 0 fully saturated rings. The van der Waals surface area contributed by atoms with Gasteiger partial charge >= 0.3 is 0 Å². The van der Waals surface area contributed by atoms with Crippen molar-refractivity contribution in [3.05, 3.63) is 95.7 Å². The average Bonchev–Trinajstić information content (AvgIpc) is 3.24. The smallest absolute Gasteiger partial charge is 0.251 e. The standard InChI is InChI=1S/C26H23N3O2S/c1-29-23-14-19-10-11-27-21(19)15-24(23)32-16-22(26(29)31)28-25(30)20-9-5-8-18(13-20)12-17-6-3-2-4-7-17/h2-11,13-15,22,27H,12,16H2,1H3,(H,28,30)/t22-/m0/s1. The van der Waals surface area contributed by atoms with Crippen molar-refractivity contribution in [2.24, 2.45) is 0 Å². The van der Waals surface area contributed by atoms with E-state index in [1.54, 1.807) is 29.8 Å². The number of carbonyl (C=O) groups excluding carboxylic acids is 2. The van der Waals surface area contributed by atoms with Gasteiger partial charge < -0.3 is 15.2 Å². The fraction of sp³-hybridized carbons (Fsp3) is 0.154. The molecule has 160 valence electrons. The Bertz CT molecular complexity index is 1300. The number of hydrogen-bond donors (Lipinski definition) is 2. The van der Waals surface area contributed by atoms with E-state index in [0.717, 1.165) is 33.5 Å². The lowest BCUT2D eigenvalue weighted by molar-refractivity contribution is -0.119. The summed E-state index contributed by atoms with van der Waals surface area (Å²) >= 11 is 1.59. The normalized spacial score (nSPS) is 16.0. The summed E-state index contributed by atoms with van der Waals surface area (Å²) in [6.45, 7) is 0. The molecular formula is C26H23N3O2S. The minimum atomic E-state index is -0.596. The van der Waals surface area contributed by atoms with Gasteiger partial charge in [0.25, 0.3) is 5.91 Å². The topological polar surface area (TPSA) is 65.2 Å². The van der Waals surface area contributed by atoms with E-state index < -0.39 is 6.04 Å². The van der Waals surface area contributed by atoms with Crippen LogP contribution in [0.2, 0.25) is 0 Å². The predicted molar refractivity (Wildman–Crippen MR) is 129 cm³/mol. The van der Waals surface area contributed by atoms with E-state index in [1.807, 2.05) is 54.7 Å². The van der Waals surface area contributed by atoms with Gasteiger partial charge in [-0.2, -0.15) is 0 Å². The summed E-state index contributed by atoms with van der Waals surface area (Å²) in [5.41, 5.74) is 4.72. The van der Waals surface area contributed by atoms with Gasteiger partial charge in [0.2, 0.25) is 5.91 Å². The van der Waals surface area contributed by atoms with Crippen molar-refractivity contribution in [3.63, 3.8) is 0 Å². The Morgan fingerprint density at radius 3 is 2.72 bits per heavy atom. The van der Waals surface area contributed by atoms with Gasteiger partial charge in [0.15, 0.2) is 0 Å². The van der Waals surface area contributed by atoms with Crippen molar-refractivity contribution in [1.82, 2.24) is 10.3 Å². The van der Waals surface area contributed by atoms with Crippen LogP contribution in [0.3, 0.4) is 0 Å². The number of nitrogens with one attached hydrogen (secondary N) is 2. The zero-order chi connectivity index (χ0) is 22.1. The maximum absolute atomic E-state index is 13.1. The van der Waals surface area contributed by atoms with Crippen molar-refractivity contribution in [2.75, 3.05) is 17.7 Å². The number of thioether (sulfide) groups is 1. The summed E-state index contributed by atoms with van der Waals surface area (Å²) in [5, 5.41) is 4.02. The molecule has 0 saturated carbocycles. The van der Waals surface area contributed by atoms with Crippen LogP contribution >= 0.6 is 11.8 Å². The highest BCUT2D eigenvalue weighted by atomic mass is 32.2. The second-order valence-corrected chi connectivity index (χ2v) is 9.04. The van der Waals surface area contributed by atoms with Gasteiger partial charge in [-0.3, -0.25) is 9.59 Å². The number of aromatic amines is 1. The first-order valence-corrected chi connectivity index (χ1v) is 11.5. The third-order valence-corrected chi connectivity index (χ3v) is 6.91. The summed E-state index contributed by atoms with van der Waals surface area (Å²) in [7, 11) is 1.77. The highest BCUT2D eigenvalue weighted by molar-refractivity contribution is 7.99. The Kier molecular flexibility index (Phi) is 5.45. The molecule has 2 heterocycles. The Morgan fingerprint density at radius 1 is 1.06 bits per heavy atom. The largest absolute Gasteiger partial charge is 0.361 e. The molecule has 1 aromatic heterocycles. The first-order chi connectivity index (χ1) is 15.6. The number of H-pyrrole nitrogens is 1. The van der Waals surface area contributed by atoms with E-state index in [-0.39, 0.29) is 11.8 Å². The highest BCUT2D eigenvalue weighted by Gasteiger charge is 2.30. The number of likely N-dealkylation sites (N-methyl/N-ethyl adjacent to an activating group) is 1. The van der Waals surface area contributed by atoms with E-state index in [0.29, 0.717) is 11.3 Å². The molecule has 0 aliphatic carbocycles. The fourth-order valence-electron chi connectivity index (χ4n) is 4.04. The van der Waals surface area contributed by atoms with E-state index in [4.69, 9.17) is 0 Å². The molecule has 0 bridgehead atoms. The Labute approximate surface area is 190 Å². The maximum Gasteiger partial charge on any atom is 0.251 e. The minimum Gasteiger partial charge on any atom is -0.361 e. The van der Waals surface area contributed by atoms with E-state index in [9.17, 15) is 9.59 Å². The predicted octanol–water partition coefficient (Wildman–Crippen LogP) is 4.63. The molecule has 5 nitrogen and oxygen atoms in total. The summed E-state index contributed by atoms with van der Waals surface area (Å²) in [5.74, 6) is 0.142. The number of aromatic nitrogens is 1. The van der Waals surface area contributed by atoms with Gasteiger partial charge in [0.05, 0.1) is 5.69 Å². The zero-order valence-electron chi connectivity index (χ0n) is 17.7. The van der Waals surface area contributed by atoms with Crippen molar-refractivity contribution >= 4 is 40.2 Å². The van der Waals surface area contributed by atoms with Crippen LogP contribution in [-0.4, -0.2) is 35.6 Å². The average molecular weight is 442 g/mol. The maximum atomic E-state index is 13.1. The van der Waals surface area contributed by atoms with Crippen LogP contribution in [0.15, 0.2) is 83.9 Å². The van der Waals surface area contributed by atoms with Crippen molar-refractivity contribution in [3.8, 4) is 0 Å². The molecule has 0 unspecified atom stereocenters. The molecule has 1 aliphatic heterocycles. The molecule has 32 heavy (non-hydrogen) atoms. The summed E-state index contributed by atoms with van der Waals surface area (Å²) in [6, 6.07) is 23.2. The first-order valence-electron chi connectivity index (χ1n) is 10.5. The third-order valence-electron chi connectivity index (χ3n) is 5.77. The highest BCUT2D eigenvalue weighted by Crippen LogP contribution is 2.36. The molecule has 1 aliphatic rings. The van der Waals surface area contributed by atoms with Gasteiger partial charge in [-0.25, -0.2) is 0 Å². The second kappa shape index (κ2) is 8.55. The molecule has 4 aromatic rings. The Hall–Kier alpha value is -3.51. The molecule has 0 spiro atoms. The lowest BCUT2D eigenvalue weighted by Gasteiger charge is -2.22. The van der Waals surface area contributed by atoms with Crippen molar-refractivity contribution < 1.29 is 9.59 Å². The summed E-state index contributed by atoms with van der Waals surface area (Å²) in [6.07, 6.45) is 2.65. The van der Waals surface area contributed by atoms with Crippen LogP contribution in [0, 0.1) is 0 Å². The molecule has 3 aromatic carbocycles. The van der Waals surface area contributed by atoms with Crippen LogP contribution in [0.25, 0.3) is 10.9 Å². The van der Waals surface area contributed by atoms with Gasteiger partial charge in [-0.05, 0) is 47.9 Å². The van der Waals surface area contributed by atoms with Crippen LogP contribution in [-0.2, 0) is 11.2 Å². The number of nitrogens with zero attached hydrogens (tertiary/aromatic N) is 1. The molecule has 1 atom stereocenters. The first kappa shape index (κ1) is 20.4. The van der Waals surface area contributed by atoms with Crippen molar-refractivity contribution in [1.29, 1.82) is 0 Å². The number of hydrogen-bond acceptors (Lipinski definition) is 3. The van der Waals surface area contributed by atoms with Gasteiger partial charge in [-0.15, -0.1) is 11.8 Å². The fourth-order valence-corrected chi connectivity index (χ4v) is 5.16. The number of amides is 2. The van der Waals surface area contributed by atoms with Crippen molar-refractivity contribution in [2.45, 2.75) is 17.4 Å². The van der Waals surface area contributed by atoms with Gasteiger partial charge in [0.1, 0.15) is 6.04 Å². The van der Waals surface area contributed by atoms with Gasteiger partial charge in [0, 0.05) is 40.4 Å². The van der Waals surface area contributed by atoms with E-state index >= 15 is 0 Å². The lowest BCUT2D eigenvalue weighted by atomic mass is 10.0. The quantitative estimate of drug-likeness (QED) is 0.485. The van der Waals surface area contributed by atoms with Gasteiger partial charge in [-0.1, -0.05) is 42.5 Å². The molecular weight excluding hydrogens is 418 g/mol. The zero-order valence-corrected chi connectivity index (χ0v) is 18.5. The molecule has 6 heteroatoms. The number of carbonyl (C=O) groups is 2. The van der Waals surface area contributed by atoms with Crippen LogP contribution < -0.4 is 10.2 Å². The Morgan fingerprint density at radius 2 is 1.88 bits per heavy atom. The van der Waals surface area contributed by atoms with Crippen LogP contribution in [0.4, 0.5) is 5.69 Å². The molecule has 2 N–H and O–H groups in total. The SMILES string of the molecule is CN1C(=O)[C@@H](NC(=O)c2cccc(Cc3ccccc3)c2)CSc2cc3[nH]ccc3cc21. The molecule has 0 radical (unpaired) electrons. The third kappa shape index (κ3) is 4.01. The number of anilines is 1. The van der Waals surface area contributed by atoms with E-state index in [2.05, 4.69) is 28.5 Å². The number of rotatable bonds is 4. The number of fused-ring (bicyclic) bond motifs is 2. The Balaban J connectivity index is 1.33. The second-order valence-electron chi connectivity index (χ2n) is 7.98. The van der Waals surface area contributed by atoms with Crippen LogP contribution in [0.1, 0.15) is 21.5 Å². The molecule has 5 rings (SSSR count). The summed E-state index contributed by atoms with van der Waals surface area (Å²) < 4.78 is 0. The molecule has 0 saturated heterocycles. The number of benzene rings is 3. The van der Waals surface area contributed by atoms with E-state index in [1.165, 1.54) is 5.56 Å². The monoisotopic (exact) mass is 441 g/mol. The van der Waals surface area contributed by atoms with Crippen LogP contribution in [0.5, 0.6) is 0 Å². The minimum absolute atomic E-state index is 0.111.